The zero-order chi connectivity index (χ0) is 11.1. The molecule has 1 aromatic heterocycles. The molecular formula is C11H13BrN2O2. The summed E-state index contributed by atoms with van der Waals surface area (Å²) in [4.78, 5) is 11.7. The van der Waals surface area contributed by atoms with Crippen molar-refractivity contribution in [1.82, 2.24) is 10.2 Å². The highest BCUT2D eigenvalue weighted by Gasteiger charge is 2.31. The summed E-state index contributed by atoms with van der Waals surface area (Å²) >= 11 is 3.42. The maximum atomic E-state index is 11.7. The number of aromatic nitrogens is 2. The molecular weight excluding hydrogens is 272 g/mol. The summed E-state index contributed by atoms with van der Waals surface area (Å²) < 4.78 is 5.98. The first-order valence-electron chi connectivity index (χ1n) is 5.66. The third-order valence-corrected chi connectivity index (χ3v) is 3.86. The van der Waals surface area contributed by atoms with Gasteiger partial charge in [-0.3, -0.25) is 5.10 Å². The van der Waals surface area contributed by atoms with E-state index in [1.807, 2.05) is 0 Å². The molecule has 5 heteroatoms. The Kier molecular flexibility index (Phi) is 2.50. The van der Waals surface area contributed by atoms with Crippen LogP contribution in [0, 0.1) is 5.92 Å². The Morgan fingerprint density at radius 1 is 1.44 bits per heavy atom. The highest BCUT2D eigenvalue weighted by molar-refractivity contribution is 9.10. The van der Waals surface area contributed by atoms with Gasteiger partial charge in [-0.05, 0) is 47.5 Å². The Bertz CT molecular complexity index is 422. The normalized spacial score (nSPS) is 19.8. The molecule has 0 aliphatic heterocycles. The van der Waals surface area contributed by atoms with Crippen LogP contribution in [0.15, 0.2) is 4.47 Å². The molecule has 2 aliphatic carbocycles. The van der Waals surface area contributed by atoms with E-state index in [1.54, 1.807) is 0 Å². The average Bonchev–Trinajstić information content (AvgIpc) is 3.15. The SMILES string of the molecule is O=C(OCC1CC1)c1n[nH]c(C2CC2)c1Br. The van der Waals surface area contributed by atoms with E-state index in [1.165, 1.54) is 25.7 Å². The second-order valence-corrected chi connectivity index (χ2v) is 5.41. The summed E-state index contributed by atoms with van der Waals surface area (Å²) in [5, 5.41) is 6.95. The molecule has 2 saturated carbocycles. The number of esters is 1. The minimum atomic E-state index is -0.318. The van der Waals surface area contributed by atoms with Gasteiger partial charge in [0, 0.05) is 5.92 Å². The molecule has 1 N–H and O–H groups in total. The smallest absolute Gasteiger partial charge is 0.360 e. The second kappa shape index (κ2) is 3.87. The van der Waals surface area contributed by atoms with Crippen molar-refractivity contribution in [2.24, 2.45) is 5.92 Å². The molecule has 1 aromatic rings. The zero-order valence-electron chi connectivity index (χ0n) is 8.83. The number of carbonyl (C=O) groups is 1. The van der Waals surface area contributed by atoms with Crippen molar-refractivity contribution in [3.8, 4) is 0 Å². The van der Waals surface area contributed by atoms with E-state index in [0.29, 0.717) is 24.1 Å². The van der Waals surface area contributed by atoms with Gasteiger partial charge in [0.25, 0.3) is 0 Å². The molecule has 3 rings (SSSR count). The van der Waals surface area contributed by atoms with Crippen molar-refractivity contribution in [3.05, 3.63) is 15.9 Å². The Labute approximate surface area is 102 Å². The Morgan fingerprint density at radius 3 is 2.81 bits per heavy atom. The molecule has 2 fully saturated rings. The molecule has 0 radical (unpaired) electrons. The number of aromatic amines is 1. The van der Waals surface area contributed by atoms with Gasteiger partial charge < -0.3 is 4.74 Å². The minimum Gasteiger partial charge on any atom is -0.461 e. The fourth-order valence-corrected chi connectivity index (χ4v) is 2.33. The lowest BCUT2D eigenvalue weighted by molar-refractivity contribution is 0.0478. The van der Waals surface area contributed by atoms with Crippen LogP contribution >= 0.6 is 15.9 Å². The lowest BCUT2D eigenvalue weighted by atomic mass is 10.3. The lowest BCUT2D eigenvalue weighted by Gasteiger charge is -2.01. The standard InChI is InChI=1S/C11H13BrN2O2/c12-8-9(7-3-4-7)13-14-10(8)11(15)16-5-6-1-2-6/h6-7H,1-5H2,(H,13,14). The number of hydrogen-bond acceptors (Lipinski definition) is 3. The maximum Gasteiger partial charge on any atom is 0.360 e. The third kappa shape index (κ3) is 2.00. The number of halogens is 1. The van der Waals surface area contributed by atoms with Crippen LogP contribution in [0.3, 0.4) is 0 Å². The Hall–Kier alpha value is -0.840. The van der Waals surface area contributed by atoms with E-state index in [9.17, 15) is 4.79 Å². The fourth-order valence-electron chi connectivity index (χ4n) is 1.67. The fraction of sp³-hybridized carbons (Fsp3) is 0.636. The van der Waals surface area contributed by atoms with Crippen LogP contribution in [-0.4, -0.2) is 22.8 Å². The first-order chi connectivity index (χ1) is 7.75. The first-order valence-corrected chi connectivity index (χ1v) is 6.46. The quantitative estimate of drug-likeness (QED) is 0.865. The second-order valence-electron chi connectivity index (χ2n) is 4.62. The molecule has 0 aromatic carbocycles. The van der Waals surface area contributed by atoms with Crippen molar-refractivity contribution < 1.29 is 9.53 Å². The number of rotatable bonds is 4. The van der Waals surface area contributed by atoms with Crippen LogP contribution in [-0.2, 0) is 4.74 Å². The number of H-pyrrole nitrogens is 1. The summed E-state index contributed by atoms with van der Waals surface area (Å²) in [5.41, 5.74) is 1.43. The molecule has 0 unspecified atom stereocenters. The molecule has 0 bridgehead atoms. The van der Waals surface area contributed by atoms with Crippen molar-refractivity contribution in [2.75, 3.05) is 6.61 Å². The van der Waals surface area contributed by atoms with Gasteiger partial charge >= 0.3 is 5.97 Å². The van der Waals surface area contributed by atoms with Crippen molar-refractivity contribution in [3.63, 3.8) is 0 Å². The van der Waals surface area contributed by atoms with Gasteiger partial charge in [-0.15, -0.1) is 0 Å². The monoisotopic (exact) mass is 284 g/mol. The summed E-state index contributed by atoms with van der Waals surface area (Å²) in [6.07, 6.45) is 4.72. The molecule has 0 saturated heterocycles. The number of carbonyl (C=O) groups excluding carboxylic acids is 1. The number of nitrogens with zero attached hydrogens (tertiary/aromatic N) is 1. The lowest BCUT2D eigenvalue weighted by Crippen LogP contribution is -2.08. The number of ether oxygens (including phenoxy) is 1. The molecule has 0 spiro atoms. The largest absolute Gasteiger partial charge is 0.461 e. The predicted octanol–water partition coefficient (Wildman–Crippen LogP) is 2.62. The first kappa shape index (κ1) is 10.3. The average molecular weight is 285 g/mol. The summed E-state index contributed by atoms with van der Waals surface area (Å²) in [7, 11) is 0. The van der Waals surface area contributed by atoms with Crippen molar-refractivity contribution >= 4 is 21.9 Å². The molecule has 4 nitrogen and oxygen atoms in total. The van der Waals surface area contributed by atoms with Gasteiger partial charge in [0.1, 0.15) is 0 Å². The van der Waals surface area contributed by atoms with Gasteiger partial charge in [-0.2, -0.15) is 5.10 Å². The van der Waals surface area contributed by atoms with Crippen LogP contribution in [0.5, 0.6) is 0 Å². The Balaban J connectivity index is 1.69. The van der Waals surface area contributed by atoms with Crippen LogP contribution in [0.1, 0.15) is 47.8 Å². The summed E-state index contributed by atoms with van der Waals surface area (Å²) in [5.74, 6) is 0.818. The van der Waals surface area contributed by atoms with Gasteiger partial charge in [0.2, 0.25) is 0 Å². The van der Waals surface area contributed by atoms with Gasteiger partial charge in [-0.25, -0.2) is 4.79 Å². The van der Waals surface area contributed by atoms with Crippen molar-refractivity contribution in [1.29, 1.82) is 0 Å². The van der Waals surface area contributed by atoms with Crippen LogP contribution in [0.4, 0.5) is 0 Å². The molecule has 0 atom stereocenters. The molecule has 1 heterocycles. The minimum absolute atomic E-state index is 0.318. The number of hydrogen-bond donors (Lipinski definition) is 1. The van der Waals surface area contributed by atoms with Crippen molar-refractivity contribution in [2.45, 2.75) is 31.6 Å². The van der Waals surface area contributed by atoms with E-state index in [4.69, 9.17) is 4.74 Å². The molecule has 0 amide bonds. The zero-order valence-corrected chi connectivity index (χ0v) is 10.4. The van der Waals surface area contributed by atoms with Gasteiger partial charge in [0.05, 0.1) is 16.8 Å². The molecule has 2 aliphatic rings. The highest BCUT2D eigenvalue weighted by atomic mass is 79.9. The highest BCUT2D eigenvalue weighted by Crippen LogP contribution is 2.43. The third-order valence-electron chi connectivity index (χ3n) is 3.06. The molecule has 16 heavy (non-hydrogen) atoms. The number of nitrogens with one attached hydrogen (secondary N) is 1. The maximum absolute atomic E-state index is 11.7. The topological polar surface area (TPSA) is 55.0 Å². The van der Waals surface area contributed by atoms with E-state index < -0.39 is 0 Å². The van der Waals surface area contributed by atoms with E-state index in [2.05, 4.69) is 26.1 Å². The van der Waals surface area contributed by atoms with E-state index >= 15 is 0 Å². The molecule has 86 valence electrons. The van der Waals surface area contributed by atoms with E-state index in [-0.39, 0.29) is 5.97 Å². The Morgan fingerprint density at radius 2 is 2.19 bits per heavy atom. The van der Waals surface area contributed by atoms with Gasteiger partial charge in [-0.1, -0.05) is 0 Å². The van der Waals surface area contributed by atoms with Crippen LogP contribution in [0.2, 0.25) is 0 Å². The summed E-state index contributed by atoms with van der Waals surface area (Å²) in [6.45, 7) is 0.539. The van der Waals surface area contributed by atoms with Crippen LogP contribution < -0.4 is 0 Å². The predicted molar refractivity (Wildman–Crippen MR) is 61.3 cm³/mol. The van der Waals surface area contributed by atoms with E-state index in [0.717, 1.165) is 10.2 Å². The van der Waals surface area contributed by atoms with Gasteiger partial charge in [0.15, 0.2) is 5.69 Å². The van der Waals surface area contributed by atoms with Crippen LogP contribution in [0.25, 0.3) is 0 Å². The summed E-state index contributed by atoms with van der Waals surface area (Å²) in [6, 6.07) is 0.